The van der Waals surface area contributed by atoms with Gasteiger partial charge in [0.05, 0.1) is 15.6 Å². The van der Waals surface area contributed by atoms with Gasteiger partial charge in [-0.25, -0.2) is 8.42 Å². The number of carbonyl (C=O) groups is 1. The Morgan fingerprint density at radius 2 is 1.76 bits per heavy atom. The first-order valence-corrected chi connectivity index (χ1v) is 12.0. The van der Waals surface area contributed by atoms with Gasteiger partial charge >= 0.3 is 0 Å². The van der Waals surface area contributed by atoms with Crippen molar-refractivity contribution in [3.05, 3.63) is 58.6 Å². The van der Waals surface area contributed by atoms with Crippen molar-refractivity contribution in [3.8, 4) is 0 Å². The Hall–Kier alpha value is -1.89. The van der Waals surface area contributed by atoms with Gasteiger partial charge in [-0.1, -0.05) is 36.2 Å². The Bertz CT molecular complexity index is 1020. The van der Waals surface area contributed by atoms with Crippen LogP contribution >= 0.6 is 11.6 Å². The molecule has 0 spiro atoms. The van der Waals surface area contributed by atoms with Crippen molar-refractivity contribution in [3.63, 3.8) is 0 Å². The van der Waals surface area contributed by atoms with Gasteiger partial charge in [-0.05, 0) is 73.9 Å². The van der Waals surface area contributed by atoms with E-state index >= 15 is 0 Å². The molecule has 1 saturated heterocycles. The highest BCUT2D eigenvalue weighted by Gasteiger charge is 2.38. The molecule has 0 radical (unpaired) electrons. The van der Waals surface area contributed by atoms with Crippen LogP contribution in [0.3, 0.4) is 0 Å². The minimum Gasteiger partial charge on any atom is -0.323 e. The molecule has 154 valence electrons. The molecule has 1 heterocycles. The monoisotopic (exact) mass is 432 g/mol. The number of fused-ring (bicyclic) bond motifs is 1. The molecule has 0 saturated carbocycles. The number of sulfonamides is 1. The van der Waals surface area contributed by atoms with Gasteiger partial charge < -0.3 is 5.32 Å². The summed E-state index contributed by atoms with van der Waals surface area (Å²) in [6.07, 6.45) is 6.22. The van der Waals surface area contributed by atoms with E-state index in [0.717, 1.165) is 44.1 Å². The second-order valence-corrected chi connectivity index (χ2v) is 10.0. The van der Waals surface area contributed by atoms with Crippen LogP contribution in [0, 0.1) is 0 Å². The van der Waals surface area contributed by atoms with Crippen molar-refractivity contribution in [2.24, 2.45) is 0 Å². The summed E-state index contributed by atoms with van der Waals surface area (Å²) in [5.41, 5.74) is 2.85. The molecule has 1 aliphatic heterocycles. The number of aryl methyl sites for hydroxylation is 2. The number of hydrogen-bond donors (Lipinski definition) is 1. The second kappa shape index (κ2) is 8.46. The molecule has 5 nitrogen and oxygen atoms in total. The zero-order valence-electron chi connectivity index (χ0n) is 16.2. The van der Waals surface area contributed by atoms with Crippen molar-refractivity contribution in [1.29, 1.82) is 0 Å². The number of piperidine rings is 1. The van der Waals surface area contributed by atoms with Crippen LogP contribution in [0.2, 0.25) is 5.02 Å². The Balaban J connectivity index is 1.61. The molecule has 2 aromatic rings. The van der Waals surface area contributed by atoms with E-state index in [4.69, 9.17) is 11.6 Å². The van der Waals surface area contributed by atoms with E-state index in [1.807, 2.05) is 12.1 Å². The van der Waals surface area contributed by atoms with Crippen LogP contribution in [-0.2, 0) is 27.7 Å². The number of carbonyl (C=O) groups excluding carboxylic acids is 1. The van der Waals surface area contributed by atoms with Crippen molar-refractivity contribution in [1.82, 2.24) is 4.31 Å². The zero-order chi connectivity index (χ0) is 20.4. The highest BCUT2D eigenvalue weighted by molar-refractivity contribution is 7.89. The number of rotatable bonds is 4. The molecular formula is C22H25ClN2O3S. The molecule has 0 unspecified atom stereocenters. The average Bonchev–Trinajstić information content (AvgIpc) is 2.75. The van der Waals surface area contributed by atoms with Gasteiger partial charge in [0.2, 0.25) is 15.9 Å². The summed E-state index contributed by atoms with van der Waals surface area (Å²) in [5, 5.41) is 3.24. The molecule has 7 heteroatoms. The van der Waals surface area contributed by atoms with Crippen LogP contribution in [0.5, 0.6) is 0 Å². The molecule has 2 aromatic carbocycles. The Morgan fingerprint density at radius 3 is 2.55 bits per heavy atom. The fourth-order valence-electron chi connectivity index (χ4n) is 4.24. The van der Waals surface area contributed by atoms with Gasteiger partial charge in [0.15, 0.2) is 0 Å². The third-order valence-corrected chi connectivity index (χ3v) is 8.05. The predicted molar refractivity (Wildman–Crippen MR) is 115 cm³/mol. The van der Waals surface area contributed by atoms with Crippen LogP contribution in [0.15, 0.2) is 47.4 Å². The largest absolute Gasteiger partial charge is 0.323 e. The number of nitrogens with zero attached hydrogens (tertiary/aromatic N) is 1. The fourth-order valence-corrected chi connectivity index (χ4v) is 6.13. The van der Waals surface area contributed by atoms with Crippen molar-refractivity contribution < 1.29 is 13.2 Å². The van der Waals surface area contributed by atoms with E-state index < -0.39 is 16.1 Å². The first-order valence-electron chi connectivity index (χ1n) is 10.2. The maximum Gasteiger partial charge on any atom is 0.243 e. The highest BCUT2D eigenvalue weighted by Crippen LogP contribution is 2.30. The number of para-hydroxylation sites is 1. The summed E-state index contributed by atoms with van der Waals surface area (Å²) in [4.78, 5) is 13.3. The fraction of sp³-hybridized carbons (Fsp3) is 0.409. The third-order valence-electron chi connectivity index (χ3n) is 5.81. The van der Waals surface area contributed by atoms with Gasteiger partial charge in [0.1, 0.15) is 6.04 Å². The van der Waals surface area contributed by atoms with E-state index in [2.05, 4.69) is 5.32 Å². The number of amides is 1. The Labute approximate surface area is 177 Å². The molecule has 1 amide bonds. The topological polar surface area (TPSA) is 66.5 Å². The van der Waals surface area contributed by atoms with Gasteiger partial charge in [0.25, 0.3) is 0 Å². The van der Waals surface area contributed by atoms with Gasteiger partial charge in [-0.15, -0.1) is 0 Å². The molecule has 2 aliphatic rings. The minimum absolute atomic E-state index is 0.288. The number of anilines is 1. The third kappa shape index (κ3) is 4.20. The zero-order valence-corrected chi connectivity index (χ0v) is 17.8. The second-order valence-electron chi connectivity index (χ2n) is 7.73. The van der Waals surface area contributed by atoms with Crippen LogP contribution in [-0.4, -0.2) is 31.2 Å². The number of halogens is 1. The highest BCUT2D eigenvalue weighted by atomic mass is 35.5. The first-order chi connectivity index (χ1) is 14.0. The summed E-state index contributed by atoms with van der Waals surface area (Å²) in [5.74, 6) is -0.334. The van der Waals surface area contributed by atoms with E-state index in [-0.39, 0.29) is 10.8 Å². The van der Waals surface area contributed by atoms with Crippen LogP contribution in [0.1, 0.15) is 43.2 Å². The summed E-state index contributed by atoms with van der Waals surface area (Å²) >= 11 is 6.15. The van der Waals surface area contributed by atoms with Crippen LogP contribution < -0.4 is 5.32 Å². The summed E-state index contributed by atoms with van der Waals surface area (Å²) in [6.45, 7) is 0.347. The molecule has 0 bridgehead atoms. The summed E-state index contributed by atoms with van der Waals surface area (Å²) in [6, 6.07) is 11.7. The molecule has 1 N–H and O–H groups in total. The molecule has 1 fully saturated rings. The van der Waals surface area contributed by atoms with E-state index in [1.54, 1.807) is 30.3 Å². The quantitative estimate of drug-likeness (QED) is 0.778. The first kappa shape index (κ1) is 20.4. The molecule has 29 heavy (non-hydrogen) atoms. The van der Waals surface area contributed by atoms with Crippen LogP contribution in [0.4, 0.5) is 5.69 Å². The maximum absolute atomic E-state index is 13.4. The summed E-state index contributed by atoms with van der Waals surface area (Å²) in [7, 11) is -3.75. The lowest BCUT2D eigenvalue weighted by Gasteiger charge is -2.34. The number of benzene rings is 2. The van der Waals surface area contributed by atoms with Gasteiger partial charge in [0, 0.05) is 6.54 Å². The van der Waals surface area contributed by atoms with Gasteiger partial charge in [-0.2, -0.15) is 4.31 Å². The minimum atomic E-state index is -3.75. The van der Waals surface area contributed by atoms with E-state index in [9.17, 15) is 13.2 Å². The number of nitrogens with one attached hydrogen (secondary N) is 1. The van der Waals surface area contributed by atoms with Crippen molar-refractivity contribution in [2.45, 2.75) is 55.9 Å². The molecule has 4 rings (SSSR count). The lowest BCUT2D eigenvalue weighted by Crippen LogP contribution is -2.49. The molecule has 1 atom stereocenters. The lowest BCUT2D eigenvalue weighted by atomic mass is 9.92. The lowest BCUT2D eigenvalue weighted by molar-refractivity contribution is -0.120. The van der Waals surface area contributed by atoms with Crippen molar-refractivity contribution in [2.75, 3.05) is 11.9 Å². The van der Waals surface area contributed by atoms with Crippen LogP contribution in [0.25, 0.3) is 0 Å². The maximum atomic E-state index is 13.4. The standard InChI is InChI=1S/C22H25ClN2O3S/c23-19-9-3-4-10-20(19)24-22(26)21-11-5-6-14-25(21)29(27,28)18-13-12-16-7-1-2-8-17(16)15-18/h3-4,9-10,12-13,15,21H,1-2,5-8,11,14H2,(H,24,26)/t21-/m1/s1. The normalized spacial score (nSPS) is 20.1. The number of hydrogen-bond acceptors (Lipinski definition) is 3. The SMILES string of the molecule is O=C(Nc1ccccc1Cl)[C@H]1CCCCN1S(=O)(=O)c1ccc2c(c1)CCCC2. The predicted octanol–water partition coefficient (Wildman–Crippen LogP) is 4.40. The van der Waals surface area contributed by atoms with E-state index in [0.29, 0.717) is 23.7 Å². The smallest absolute Gasteiger partial charge is 0.243 e. The molecular weight excluding hydrogens is 408 g/mol. The Kier molecular flexibility index (Phi) is 5.95. The molecule has 1 aliphatic carbocycles. The molecule has 0 aromatic heterocycles. The summed E-state index contributed by atoms with van der Waals surface area (Å²) < 4.78 is 28.2. The Morgan fingerprint density at radius 1 is 1.00 bits per heavy atom. The average molecular weight is 433 g/mol. The van der Waals surface area contributed by atoms with Crippen molar-refractivity contribution >= 4 is 33.2 Å². The van der Waals surface area contributed by atoms with E-state index in [1.165, 1.54) is 9.87 Å². The van der Waals surface area contributed by atoms with Gasteiger partial charge in [-0.3, -0.25) is 4.79 Å².